The molecule has 1 aromatic heterocycles. The molecule has 1 amide bonds. The molecule has 2 atom stereocenters. The predicted octanol–water partition coefficient (Wildman–Crippen LogP) is 2.38. The lowest BCUT2D eigenvalue weighted by Crippen LogP contribution is -2.46. The topological polar surface area (TPSA) is 73.5 Å². The van der Waals surface area contributed by atoms with Gasteiger partial charge >= 0.3 is 5.69 Å². The SMILES string of the molecule is CC1CCN(C(=O)Cn2c(=O)c(F)cn(C3CCCO3)c2=O)c2ccccc2S1. The molecule has 4 rings (SSSR count). The van der Waals surface area contributed by atoms with Crippen molar-refractivity contribution in [3.63, 3.8) is 0 Å². The standard InChI is InChI=1S/C20H22FN3O4S/c1-13-8-9-22(15-5-2-3-6-16(15)29-13)17(25)12-24-19(26)14(21)11-23(20(24)27)18-7-4-10-28-18/h2-3,5-6,11,13,18H,4,7-10,12H2,1H3. The molecule has 9 heteroatoms. The summed E-state index contributed by atoms with van der Waals surface area (Å²) in [6.45, 7) is 2.51. The number of carbonyl (C=O) groups is 1. The normalized spacial score (nSPS) is 21.7. The summed E-state index contributed by atoms with van der Waals surface area (Å²) < 4.78 is 21.4. The quantitative estimate of drug-likeness (QED) is 0.764. The van der Waals surface area contributed by atoms with Crippen molar-refractivity contribution in [1.82, 2.24) is 9.13 Å². The van der Waals surface area contributed by atoms with Crippen LogP contribution in [0.5, 0.6) is 0 Å². The van der Waals surface area contributed by atoms with Crippen LogP contribution in [0.4, 0.5) is 10.1 Å². The largest absolute Gasteiger partial charge is 0.358 e. The highest BCUT2D eigenvalue weighted by Crippen LogP contribution is 2.37. The van der Waals surface area contributed by atoms with Gasteiger partial charge < -0.3 is 9.64 Å². The Morgan fingerprint density at radius 3 is 2.83 bits per heavy atom. The van der Waals surface area contributed by atoms with Crippen molar-refractivity contribution in [2.45, 2.75) is 49.1 Å². The summed E-state index contributed by atoms with van der Waals surface area (Å²) >= 11 is 1.68. The number of aromatic nitrogens is 2. The van der Waals surface area contributed by atoms with Gasteiger partial charge in [-0.3, -0.25) is 14.2 Å². The average molecular weight is 419 g/mol. The van der Waals surface area contributed by atoms with E-state index in [1.807, 2.05) is 24.3 Å². The summed E-state index contributed by atoms with van der Waals surface area (Å²) in [5, 5.41) is 0.322. The van der Waals surface area contributed by atoms with Crippen LogP contribution in [-0.4, -0.2) is 33.4 Å². The monoisotopic (exact) mass is 419 g/mol. The highest BCUT2D eigenvalue weighted by atomic mass is 32.2. The molecule has 2 aliphatic rings. The van der Waals surface area contributed by atoms with Crippen molar-refractivity contribution in [2.24, 2.45) is 0 Å². The van der Waals surface area contributed by atoms with Crippen LogP contribution in [0.15, 0.2) is 44.9 Å². The van der Waals surface area contributed by atoms with Gasteiger partial charge in [0.25, 0.3) is 5.56 Å². The number of anilines is 1. The van der Waals surface area contributed by atoms with Crippen molar-refractivity contribution in [1.29, 1.82) is 0 Å². The molecule has 0 saturated carbocycles. The second-order valence-corrected chi connectivity index (χ2v) is 8.74. The van der Waals surface area contributed by atoms with Crippen LogP contribution in [-0.2, 0) is 16.1 Å². The molecule has 0 spiro atoms. The molecule has 2 aliphatic heterocycles. The van der Waals surface area contributed by atoms with Crippen molar-refractivity contribution in [3.05, 3.63) is 57.1 Å². The molecule has 2 aromatic rings. The fraction of sp³-hybridized carbons (Fsp3) is 0.450. The van der Waals surface area contributed by atoms with Gasteiger partial charge in [0.05, 0.1) is 11.9 Å². The number of fused-ring (bicyclic) bond motifs is 1. The third-order valence-electron chi connectivity index (χ3n) is 5.21. The molecule has 29 heavy (non-hydrogen) atoms. The van der Waals surface area contributed by atoms with Crippen LogP contribution >= 0.6 is 11.8 Å². The minimum atomic E-state index is -1.09. The molecule has 0 bridgehead atoms. The van der Waals surface area contributed by atoms with Gasteiger partial charge in [-0.25, -0.2) is 9.36 Å². The number of hydrogen-bond acceptors (Lipinski definition) is 5. The zero-order chi connectivity index (χ0) is 20.5. The van der Waals surface area contributed by atoms with Crippen molar-refractivity contribution < 1.29 is 13.9 Å². The lowest BCUT2D eigenvalue weighted by molar-refractivity contribution is -0.119. The summed E-state index contributed by atoms with van der Waals surface area (Å²) in [6.07, 6.45) is 2.33. The fourth-order valence-electron chi connectivity index (χ4n) is 3.68. The van der Waals surface area contributed by atoms with E-state index < -0.39 is 35.7 Å². The number of hydrogen-bond donors (Lipinski definition) is 0. The first-order valence-corrected chi connectivity index (χ1v) is 10.5. The highest BCUT2D eigenvalue weighted by Gasteiger charge is 2.27. The lowest BCUT2D eigenvalue weighted by atomic mass is 10.2. The lowest BCUT2D eigenvalue weighted by Gasteiger charge is -2.23. The van der Waals surface area contributed by atoms with E-state index in [9.17, 15) is 18.8 Å². The van der Waals surface area contributed by atoms with Gasteiger partial charge in [-0.2, -0.15) is 4.39 Å². The van der Waals surface area contributed by atoms with Crippen LogP contribution < -0.4 is 16.1 Å². The Balaban J connectivity index is 1.68. The second kappa shape index (κ2) is 8.16. The van der Waals surface area contributed by atoms with Crippen molar-refractivity contribution in [2.75, 3.05) is 18.1 Å². The zero-order valence-corrected chi connectivity index (χ0v) is 16.9. The summed E-state index contributed by atoms with van der Waals surface area (Å²) in [5.41, 5.74) is -1.08. The maximum Gasteiger partial charge on any atom is 0.333 e. The number of carbonyl (C=O) groups excluding carboxylic acids is 1. The molecule has 154 valence electrons. The zero-order valence-electron chi connectivity index (χ0n) is 16.0. The van der Waals surface area contributed by atoms with E-state index in [0.717, 1.165) is 34.2 Å². The van der Waals surface area contributed by atoms with E-state index >= 15 is 0 Å². The van der Waals surface area contributed by atoms with Gasteiger partial charge in [-0.1, -0.05) is 19.1 Å². The molecule has 1 fully saturated rings. The van der Waals surface area contributed by atoms with E-state index in [4.69, 9.17) is 4.74 Å². The highest BCUT2D eigenvalue weighted by molar-refractivity contribution is 8.00. The molecular formula is C20H22FN3O4S. The van der Waals surface area contributed by atoms with Gasteiger partial charge in [0, 0.05) is 23.3 Å². The average Bonchev–Trinajstić information content (AvgIpc) is 3.18. The van der Waals surface area contributed by atoms with E-state index in [2.05, 4.69) is 6.92 Å². The Labute approximate surface area is 171 Å². The summed E-state index contributed by atoms with van der Waals surface area (Å²) in [7, 11) is 0. The van der Waals surface area contributed by atoms with E-state index in [0.29, 0.717) is 29.4 Å². The van der Waals surface area contributed by atoms with Gasteiger partial charge in [0.1, 0.15) is 12.8 Å². The summed E-state index contributed by atoms with van der Waals surface area (Å²) in [6, 6.07) is 7.54. The summed E-state index contributed by atoms with van der Waals surface area (Å²) in [5.74, 6) is -1.50. The number of para-hydroxylation sites is 1. The first-order valence-electron chi connectivity index (χ1n) is 9.65. The number of thioether (sulfide) groups is 1. The number of ether oxygens (including phenoxy) is 1. The third kappa shape index (κ3) is 3.89. The molecule has 1 saturated heterocycles. The molecule has 0 N–H and O–H groups in total. The minimum Gasteiger partial charge on any atom is -0.358 e. The molecule has 0 radical (unpaired) electrons. The first kappa shape index (κ1) is 19.9. The van der Waals surface area contributed by atoms with E-state index in [1.54, 1.807) is 16.7 Å². The van der Waals surface area contributed by atoms with E-state index in [-0.39, 0.29) is 0 Å². The fourth-order valence-corrected chi connectivity index (χ4v) is 4.79. The predicted molar refractivity (Wildman–Crippen MR) is 108 cm³/mol. The summed E-state index contributed by atoms with van der Waals surface area (Å²) in [4.78, 5) is 40.8. The Morgan fingerprint density at radius 2 is 2.07 bits per heavy atom. The smallest absolute Gasteiger partial charge is 0.333 e. The third-order valence-corrected chi connectivity index (χ3v) is 6.44. The van der Waals surface area contributed by atoms with Crippen LogP contribution in [0.2, 0.25) is 0 Å². The van der Waals surface area contributed by atoms with Crippen LogP contribution in [0.1, 0.15) is 32.4 Å². The van der Waals surface area contributed by atoms with Gasteiger partial charge in [-0.15, -0.1) is 11.8 Å². The van der Waals surface area contributed by atoms with E-state index in [1.165, 1.54) is 0 Å². The van der Waals surface area contributed by atoms with Gasteiger partial charge in [-0.05, 0) is 31.4 Å². The van der Waals surface area contributed by atoms with Crippen LogP contribution in [0.25, 0.3) is 0 Å². The van der Waals surface area contributed by atoms with Gasteiger partial charge in [0.15, 0.2) is 0 Å². The first-order chi connectivity index (χ1) is 14.0. The number of halogens is 1. The minimum absolute atomic E-state index is 0.322. The second-order valence-electron chi connectivity index (χ2n) is 7.26. The number of amides is 1. The van der Waals surface area contributed by atoms with Gasteiger partial charge in [0.2, 0.25) is 11.7 Å². The number of benzene rings is 1. The molecule has 2 unspecified atom stereocenters. The number of rotatable bonds is 3. The molecule has 3 heterocycles. The van der Waals surface area contributed by atoms with Crippen molar-refractivity contribution >= 4 is 23.4 Å². The molecular weight excluding hydrogens is 397 g/mol. The Morgan fingerprint density at radius 1 is 1.28 bits per heavy atom. The Bertz CT molecular complexity index is 1040. The Kier molecular flexibility index (Phi) is 5.60. The molecule has 7 nitrogen and oxygen atoms in total. The maximum atomic E-state index is 14.2. The van der Waals surface area contributed by atoms with Crippen molar-refractivity contribution in [3.8, 4) is 0 Å². The van der Waals surface area contributed by atoms with Crippen LogP contribution in [0, 0.1) is 5.82 Å². The molecule has 1 aromatic carbocycles. The molecule has 0 aliphatic carbocycles. The van der Waals surface area contributed by atoms with Crippen LogP contribution in [0.3, 0.4) is 0 Å². The number of nitrogens with zero attached hydrogens (tertiary/aromatic N) is 3. The maximum absolute atomic E-state index is 14.2. The Hall–Kier alpha value is -2.39.